The third-order valence-electron chi connectivity index (χ3n) is 6.42. The van der Waals surface area contributed by atoms with Crippen LogP contribution in [0.25, 0.3) is 0 Å². The Hall–Kier alpha value is -2.03. The van der Waals surface area contributed by atoms with Crippen LogP contribution in [0.15, 0.2) is 42.5 Å². The molecule has 1 aromatic carbocycles. The van der Waals surface area contributed by atoms with Gasteiger partial charge in [-0.3, -0.25) is 4.79 Å². The van der Waals surface area contributed by atoms with E-state index < -0.39 is 0 Å². The standard InChI is InChI=1S/C22H27NO2/c1-16-10-11-17(2)23(16)20-13-19-9-6-12-22(19,14-20)21(24)25-15-18-7-4-3-5-8-18/h3-5,7-8,10-11,19-20H,6,9,12-15H2,1-2H3/t19-,20-,22-/m1/s1. The van der Waals surface area contributed by atoms with E-state index in [9.17, 15) is 4.79 Å². The van der Waals surface area contributed by atoms with Crippen LogP contribution in [0.4, 0.5) is 0 Å². The predicted octanol–water partition coefficient (Wildman–Crippen LogP) is 4.97. The molecule has 3 nitrogen and oxygen atoms in total. The molecule has 25 heavy (non-hydrogen) atoms. The molecule has 0 bridgehead atoms. The summed E-state index contributed by atoms with van der Waals surface area (Å²) in [6.45, 7) is 4.73. The van der Waals surface area contributed by atoms with Crippen molar-refractivity contribution in [2.75, 3.05) is 0 Å². The maximum Gasteiger partial charge on any atom is 0.312 e. The van der Waals surface area contributed by atoms with E-state index in [1.807, 2.05) is 30.3 Å². The van der Waals surface area contributed by atoms with Gasteiger partial charge in [0.2, 0.25) is 0 Å². The molecule has 0 aliphatic heterocycles. The maximum absolute atomic E-state index is 13.1. The van der Waals surface area contributed by atoms with Crippen LogP contribution in [0.5, 0.6) is 0 Å². The van der Waals surface area contributed by atoms with Crippen molar-refractivity contribution in [2.45, 2.75) is 58.6 Å². The number of nitrogens with zero attached hydrogens (tertiary/aromatic N) is 1. The van der Waals surface area contributed by atoms with Crippen LogP contribution >= 0.6 is 0 Å². The third-order valence-corrected chi connectivity index (χ3v) is 6.42. The number of fused-ring (bicyclic) bond motifs is 1. The molecule has 0 saturated heterocycles. The fourth-order valence-corrected chi connectivity index (χ4v) is 5.26. The average Bonchev–Trinajstić information content (AvgIpc) is 3.26. The van der Waals surface area contributed by atoms with Crippen LogP contribution in [0.2, 0.25) is 0 Å². The van der Waals surface area contributed by atoms with Gasteiger partial charge in [0, 0.05) is 17.4 Å². The first-order valence-electron chi connectivity index (χ1n) is 9.46. The van der Waals surface area contributed by atoms with E-state index in [-0.39, 0.29) is 11.4 Å². The van der Waals surface area contributed by atoms with Gasteiger partial charge in [0.25, 0.3) is 0 Å². The molecule has 0 spiro atoms. The van der Waals surface area contributed by atoms with Crippen LogP contribution in [-0.2, 0) is 16.1 Å². The van der Waals surface area contributed by atoms with Crippen LogP contribution in [0.3, 0.4) is 0 Å². The number of esters is 1. The predicted molar refractivity (Wildman–Crippen MR) is 98.2 cm³/mol. The highest BCUT2D eigenvalue weighted by atomic mass is 16.5. The molecule has 1 aromatic heterocycles. The van der Waals surface area contributed by atoms with Gasteiger partial charge in [0.1, 0.15) is 6.61 Å². The van der Waals surface area contributed by atoms with Crippen LogP contribution < -0.4 is 0 Å². The summed E-state index contributed by atoms with van der Waals surface area (Å²) < 4.78 is 8.23. The lowest BCUT2D eigenvalue weighted by Gasteiger charge is -2.27. The smallest absolute Gasteiger partial charge is 0.312 e. The zero-order valence-electron chi connectivity index (χ0n) is 15.2. The highest BCUT2D eigenvalue weighted by molar-refractivity contribution is 5.78. The SMILES string of the molecule is Cc1ccc(C)n1[C@@H]1C[C@H]2CCC[C@@]2(C(=O)OCc2ccccc2)C1. The topological polar surface area (TPSA) is 31.2 Å². The Morgan fingerprint density at radius 1 is 1.16 bits per heavy atom. The van der Waals surface area contributed by atoms with Crippen LogP contribution in [0.1, 0.15) is 55.1 Å². The van der Waals surface area contributed by atoms with E-state index >= 15 is 0 Å². The number of aryl methyl sites for hydroxylation is 2. The van der Waals surface area contributed by atoms with Crippen molar-refractivity contribution in [3.8, 4) is 0 Å². The monoisotopic (exact) mass is 337 g/mol. The highest BCUT2D eigenvalue weighted by Crippen LogP contribution is 2.58. The Labute approximate surface area is 150 Å². The summed E-state index contributed by atoms with van der Waals surface area (Å²) in [6, 6.07) is 14.8. The zero-order chi connectivity index (χ0) is 17.4. The van der Waals surface area contributed by atoms with Crippen molar-refractivity contribution >= 4 is 5.97 Å². The molecule has 4 rings (SSSR count). The fraction of sp³-hybridized carbons (Fsp3) is 0.500. The van der Waals surface area contributed by atoms with Crippen LogP contribution in [0, 0.1) is 25.2 Å². The quantitative estimate of drug-likeness (QED) is 0.738. The number of carbonyl (C=O) groups is 1. The summed E-state index contributed by atoms with van der Waals surface area (Å²) in [7, 11) is 0. The molecule has 0 unspecified atom stereocenters. The second kappa shape index (κ2) is 6.36. The number of rotatable bonds is 4. The van der Waals surface area contributed by atoms with Gasteiger partial charge in [0.05, 0.1) is 5.41 Å². The summed E-state index contributed by atoms with van der Waals surface area (Å²) in [5.74, 6) is 0.505. The molecule has 2 aromatic rings. The molecule has 1 heterocycles. The summed E-state index contributed by atoms with van der Waals surface area (Å²) in [6.07, 6.45) is 5.34. The van der Waals surface area contributed by atoms with E-state index in [1.54, 1.807) is 0 Å². The lowest BCUT2D eigenvalue weighted by Crippen LogP contribution is -2.33. The molecule has 0 radical (unpaired) electrons. The molecule has 0 N–H and O–H groups in total. The van der Waals surface area contributed by atoms with Gasteiger partial charge in [-0.1, -0.05) is 36.8 Å². The first-order chi connectivity index (χ1) is 12.1. The number of benzene rings is 1. The van der Waals surface area contributed by atoms with E-state index in [1.165, 1.54) is 11.4 Å². The summed E-state index contributed by atoms with van der Waals surface area (Å²) >= 11 is 0. The molecule has 2 fully saturated rings. The Morgan fingerprint density at radius 3 is 2.60 bits per heavy atom. The highest BCUT2D eigenvalue weighted by Gasteiger charge is 2.56. The molecular formula is C22H27NO2. The first-order valence-corrected chi connectivity index (χ1v) is 9.46. The minimum absolute atomic E-state index is 0.0313. The van der Waals surface area contributed by atoms with Crippen molar-refractivity contribution in [2.24, 2.45) is 11.3 Å². The third kappa shape index (κ3) is 2.80. The second-order valence-electron chi connectivity index (χ2n) is 7.89. The molecule has 2 saturated carbocycles. The van der Waals surface area contributed by atoms with Crippen molar-refractivity contribution in [1.82, 2.24) is 4.57 Å². The number of ether oxygens (including phenoxy) is 1. The first kappa shape index (κ1) is 16.4. The number of hydrogen-bond acceptors (Lipinski definition) is 2. The molecule has 132 valence electrons. The van der Waals surface area contributed by atoms with Gasteiger partial charge in [0.15, 0.2) is 0 Å². The minimum Gasteiger partial charge on any atom is -0.460 e. The molecule has 2 aliphatic carbocycles. The average molecular weight is 337 g/mol. The maximum atomic E-state index is 13.1. The van der Waals surface area contributed by atoms with Gasteiger partial charge in [-0.15, -0.1) is 0 Å². The Bertz CT molecular complexity index is 744. The van der Waals surface area contributed by atoms with Crippen molar-refractivity contribution in [3.05, 3.63) is 59.4 Å². The Balaban J connectivity index is 1.52. The van der Waals surface area contributed by atoms with E-state index in [0.717, 1.165) is 37.7 Å². The van der Waals surface area contributed by atoms with E-state index in [0.29, 0.717) is 18.6 Å². The number of carbonyl (C=O) groups excluding carboxylic acids is 1. The van der Waals surface area contributed by atoms with Gasteiger partial charge < -0.3 is 9.30 Å². The lowest BCUT2D eigenvalue weighted by molar-refractivity contribution is -0.158. The molecule has 3 atom stereocenters. The van der Waals surface area contributed by atoms with Crippen molar-refractivity contribution < 1.29 is 9.53 Å². The summed E-state index contributed by atoms with van der Waals surface area (Å²) in [5, 5.41) is 0. The van der Waals surface area contributed by atoms with Gasteiger partial charge in [-0.2, -0.15) is 0 Å². The number of aromatic nitrogens is 1. The Morgan fingerprint density at radius 2 is 1.88 bits per heavy atom. The Kier molecular flexibility index (Phi) is 4.18. The second-order valence-corrected chi connectivity index (χ2v) is 7.89. The zero-order valence-corrected chi connectivity index (χ0v) is 15.2. The molecule has 2 aliphatic rings. The van der Waals surface area contributed by atoms with Crippen molar-refractivity contribution in [3.63, 3.8) is 0 Å². The fourth-order valence-electron chi connectivity index (χ4n) is 5.26. The summed E-state index contributed by atoms with van der Waals surface area (Å²) in [5.41, 5.74) is 3.40. The normalized spacial score (nSPS) is 28.1. The van der Waals surface area contributed by atoms with Gasteiger partial charge in [-0.05, 0) is 63.1 Å². The van der Waals surface area contributed by atoms with Gasteiger partial charge in [-0.25, -0.2) is 0 Å². The van der Waals surface area contributed by atoms with E-state index in [4.69, 9.17) is 4.74 Å². The minimum atomic E-state index is -0.261. The molecule has 0 amide bonds. The molecular weight excluding hydrogens is 310 g/mol. The largest absolute Gasteiger partial charge is 0.460 e. The molecule has 3 heteroatoms. The number of hydrogen-bond donors (Lipinski definition) is 0. The lowest BCUT2D eigenvalue weighted by atomic mass is 9.80. The van der Waals surface area contributed by atoms with Crippen LogP contribution in [-0.4, -0.2) is 10.5 Å². The summed E-state index contributed by atoms with van der Waals surface area (Å²) in [4.78, 5) is 13.1. The van der Waals surface area contributed by atoms with E-state index in [2.05, 4.69) is 30.5 Å². The van der Waals surface area contributed by atoms with Gasteiger partial charge >= 0.3 is 5.97 Å². The van der Waals surface area contributed by atoms with Crippen molar-refractivity contribution in [1.29, 1.82) is 0 Å².